The van der Waals surface area contributed by atoms with E-state index in [9.17, 15) is 0 Å². The molecule has 0 bridgehead atoms. The van der Waals surface area contributed by atoms with E-state index in [0.717, 1.165) is 24.2 Å². The number of ether oxygens (including phenoxy) is 7. The lowest BCUT2D eigenvalue weighted by Gasteiger charge is -2.43. The van der Waals surface area contributed by atoms with Crippen molar-refractivity contribution in [2.24, 2.45) is 23.7 Å². The lowest BCUT2D eigenvalue weighted by Crippen LogP contribution is -2.50. The fraction of sp³-hybridized carbons (Fsp3) is 0.714. The molecule has 35 heavy (non-hydrogen) atoms. The van der Waals surface area contributed by atoms with Gasteiger partial charge in [0, 0.05) is 43.5 Å². The van der Waals surface area contributed by atoms with Crippen molar-refractivity contribution >= 4 is 0 Å². The third kappa shape index (κ3) is 7.28. The second kappa shape index (κ2) is 13.7. The van der Waals surface area contributed by atoms with Gasteiger partial charge in [-0.1, -0.05) is 52.0 Å². The molecule has 2 heterocycles. The molecular weight excluding hydrogens is 448 g/mol. The van der Waals surface area contributed by atoms with Crippen molar-refractivity contribution in [1.29, 1.82) is 0 Å². The summed E-state index contributed by atoms with van der Waals surface area (Å²) in [4.78, 5) is 0. The number of hydrogen-bond donors (Lipinski definition) is 0. The molecule has 2 fully saturated rings. The quantitative estimate of drug-likeness (QED) is 0.305. The number of hydrogen-bond acceptors (Lipinski definition) is 7. The van der Waals surface area contributed by atoms with Crippen molar-refractivity contribution in [1.82, 2.24) is 0 Å². The Balaban J connectivity index is 1.54. The fourth-order valence-corrected chi connectivity index (χ4v) is 5.23. The van der Waals surface area contributed by atoms with Crippen LogP contribution in [0.25, 0.3) is 0 Å². The molecule has 7 nitrogen and oxygen atoms in total. The van der Waals surface area contributed by atoms with Crippen LogP contribution in [0.5, 0.6) is 5.75 Å². The molecule has 3 rings (SSSR count). The van der Waals surface area contributed by atoms with E-state index in [2.05, 4.69) is 39.8 Å². The molecule has 198 valence electrons. The first-order valence-electron chi connectivity index (χ1n) is 12.8. The van der Waals surface area contributed by atoms with Crippen LogP contribution < -0.4 is 4.74 Å². The van der Waals surface area contributed by atoms with E-state index in [4.69, 9.17) is 33.2 Å². The minimum Gasteiger partial charge on any atom is -0.497 e. The van der Waals surface area contributed by atoms with Gasteiger partial charge in [-0.3, -0.25) is 0 Å². The van der Waals surface area contributed by atoms with E-state index in [1.807, 2.05) is 24.3 Å². The van der Waals surface area contributed by atoms with E-state index in [1.54, 1.807) is 21.3 Å². The van der Waals surface area contributed by atoms with Crippen LogP contribution in [-0.4, -0.2) is 59.3 Å². The van der Waals surface area contributed by atoms with E-state index >= 15 is 0 Å². The highest BCUT2D eigenvalue weighted by Gasteiger charge is 2.42. The van der Waals surface area contributed by atoms with Crippen LogP contribution in [-0.2, 0) is 28.4 Å². The smallest absolute Gasteiger partial charge is 0.184 e. The second-order valence-corrected chi connectivity index (χ2v) is 9.92. The summed E-state index contributed by atoms with van der Waals surface area (Å²) in [5.74, 6) is 1.80. The van der Waals surface area contributed by atoms with Crippen LogP contribution in [0.15, 0.2) is 36.4 Å². The van der Waals surface area contributed by atoms with Gasteiger partial charge >= 0.3 is 0 Å². The summed E-state index contributed by atoms with van der Waals surface area (Å²) in [5, 5.41) is 0. The van der Waals surface area contributed by atoms with Gasteiger partial charge in [-0.15, -0.1) is 0 Å². The van der Waals surface area contributed by atoms with Gasteiger partial charge < -0.3 is 33.2 Å². The number of methoxy groups -OCH3 is 3. The monoisotopic (exact) mass is 492 g/mol. The van der Waals surface area contributed by atoms with E-state index in [-0.39, 0.29) is 55.4 Å². The number of allylic oxidation sites excluding steroid dienone is 1. The maximum Gasteiger partial charge on any atom is 0.184 e. The lowest BCUT2D eigenvalue weighted by atomic mass is 9.84. The molecule has 0 amide bonds. The molecule has 7 heteroatoms. The molecule has 0 spiro atoms. The highest BCUT2D eigenvalue weighted by atomic mass is 16.7. The van der Waals surface area contributed by atoms with Crippen molar-refractivity contribution < 1.29 is 33.2 Å². The zero-order chi connectivity index (χ0) is 25.4. The van der Waals surface area contributed by atoms with Crippen LogP contribution in [0.2, 0.25) is 0 Å². The molecule has 9 atom stereocenters. The summed E-state index contributed by atoms with van der Waals surface area (Å²) in [5.41, 5.74) is 1.01. The molecule has 2 saturated heterocycles. The Morgan fingerprint density at radius 3 is 2.43 bits per heavy atom. The van der Waals surface area contributed by atoms with Crippen LogP contribution in [0.4, 0.5) is 0 Å². The summed E-state index contributed by atoms with van der Waals surface area (Å²) in [7, 11) is 5.00. The third-order valence-corrected chi connectivity index (χ3v) is 7.29. The molecule has 2 aliphatic heterocycles. The van der Waals surface area contributed by atoms with E-state index < -0.39 is 0 Å². The molecule has 0 saturated carbocycles. The van der Waals surface area contributed by atoms with Gasteiger partial charge in [-0.25, -0.2) is 0 Å². The van der Waals surface area contributed by atoms with Crippen molar-refractivity contribution in [3.05, 3.63) is 42.0 Å². The minimum atomic E-state index is -0.355. The first-order chi connectivity index (χ1) is 16.9. The summed E-state index contributed by atoms with van der Waals surface area (Å²) < 4.78 is 40.6. The maximum atomic E-state index is 6.39. The molecule has 2 aliphatic rings. The second-order valence-electron chi connectivity index (χ2n) is 9.92. The minimum absolute atomic E-state index is 0.0351. The molecular formula is C28H44O7. The molecule has 0 N–H and O–H groups in total. The number of rotatable bonds is 11. The largest absolute Gasteiger partial charge is 0.497 e. The summed E-state index contributed by atoms with van der Waals surface area (Å²) in [6, 6.07) is 7.87. The molecule has 0 aromatic heterocycles. The Labute approximate surface area is 211 Å². The molecule has 1 aromatic carbocycles. The van der Waals surface area contributed by atoms with E-state index in [0.29, 0.717) is 12.5 Å². The third-order valence-electron chi connectivity index (χ3n) is 7.29. The van der Waals surface area contributed by atoms with Crippen LogP contribution in [0.1, 0.15) is 52.4 Å². The van der Waals surface area contributed by atoms with Gasteiger partial charge in [0.1, 0.15) is 12.5 Å². The lowest BCUT2D eigenvalue weighted by molar-refractivity contribution is -0.271. The standard InChI is InChI=1S/C28H44O7/c1-18(25-19(2)16-32-28(35-25)22-12-14-23(30-6)15-13-22)10-8-9-11-24-20(3)26(33-17-29-5)21(4)27(31-7)34-24/h8,10,12-15,18-21,24-28H,9,11,16-17H2,1-7H3/b10-8-/t18-,19-,20+,21+,24-,25+,26-,27+,28?/m0/s1. The van der Waals surface area contributed by atoms with Gasteiger partial charge in [0.2, 0.25) is 0 Å². The van der Waals surface area contributed by atoms with Gasteiger partial charge in [-0.05, 0) is 25.0 Å². The topological polar surface area (TPSA) is 64.6 Å². The molecule has 1 aromatic rings. The summed E-state index contributed by atoms with van der Waals surface area (Å²) in [6.45, 7) is 9.65. The van der Waals surface area contributed by atoms with Crippen LogP contribution in [0.3, 0.4) is 0 Å². The van der Waals surface area contributed by atoms with Crippen molar-refractivity contribution in [2.45, 2.75) is 71.4 Å². The summed E-state index contributed by atoms with van der Waals surface area (Å²) in [6.07, 6.45) is 5.90. The zero-order valence-electron chi connectivity index (χ0n) is 22.3. The predicted octanol–water partition coefficient (Wildman–Crippen LogP) is 5.35. The first-order valence-corrected chi connectivity index (χ1v) is 12.8. The first kappa shape index (κ1) is 28.1. The normalized spacial score (nSPS) is 34.7. The fourth-order valence-electron chi connectivity index (χ4n) is 5.23. The highest BCUT2D eigenvalue weighted by molar-refractivity contribution is 5.28. The van der Waals surface area contributed by atoms with Crippen LogP contribution in [0, 0.1) is 23.7 Å². The Bertz CT molecular complexity index is 767. The molecule has 1 unspecified atom stereocenters. The Morgan fingerprint density at radius 1 is 1.03 bits per heavy atom. The maximum absolute atomic E-state index is 6.39. The average molecular weight is 493 g/mol. The van der Waals surface area contributed by atoms with Gasteiger partial charge in [0.05, 0.1) is 32.0 Å². The summed E-state index contributed by atoms with van der Waals surface area (Å²) >= 11 is 0. The average Bonchev–Trinajstić information content (AvgIpc) is 2.88. The molecule has 0 radical (unpaired) electrons. The van der Waals surface area contributed by atoms with Crippen molar-refractivity contribution in [3.8, 4) is 5.75 Å². The Hall–Kier alpha value is -1.48. The van der Waals surface area contributed by atoms with Crippen LogP contribution >= 0.6 is 0 Å². The Morgan fingerprint density at radius 2 is 1.77 bits per heavy atom. The number of benzene rings is 1. The van der Waals surface area contributed by atoms with Crippen molar-refractivity contribution in [2.75, 3.05) is 34.7 Å². The predicted molar refractivity (Wildman–Crippen MR) is 134 cm³/mol. The zero-order valence-corrected chi connectivity index (χ0v) is 22.3. The van der Waals surface area contributed by atoms with Gasteiger partial charge in [-0.2, -0.15) is 0 Å². The van der Waals surface area contributed by atoms with Gasteiger partial charge in [0.25, 0.3) is 0 Å². The molecule has 0 aliphatic carbocycles. The van der Waals surface area contributed by atoms with Crippen molar-refractivity contribution in [3.63, 3.8) is 0 Å². The Kier molecular flexibility index (Phi) is 11.0. The van der Waals surface area contributed by atoms with E-state index in [1.165, 1.54) is 0 Å². The van der Waals surface area contributed by atoms with Gasteiger partial charge in [0.15, 0.2) is 12.6 Å². The highest BCUT2D eigenvalue weighted by Crippen LogP contribution is 2.36. The SMILES string of the molecule is COCO[C@@H]1[C@@H](C)[C@H](OC)O[C@@H](CC/C=C\[C@H](C)[C@H]2OC(c3ccc(OC)cc3)OC[C@@H]2C)[C@H]1C.